The molecule has 0 aliphatic rings. The van der Waals surface area contributed by atoms with E-state index < -0.39 is 0 Å². The van der Waals surface area contributed by atoms with Crippen LogP contribution in [0.5, 0.6) is 0 Å². The highest BCUT2D eigenvalue weighted by Crippen LogP contribution is 2.25. The van der Waals surface area contributed by atoms with Crippen LogP contribution in [0.25, 0.3) is 11.4 Å². The minimum absolute atomic E-state index is 0.133. The Balaban J connectivity index is 2.10. The van der Waals surface area contributed by atoms with Gasteiger partial charge in [-0.3, -0.25) is 4.79 Å². The molecule has 26 heavy (non-hydrogen) atoms. The van der Waals surface area contributed by atoms with Gasteiger partial charge in [-0.2, -0.15) is 0 Å². The second-order valence-corrected chi connectivity index (χ2v) is 6.88. The monoisotopic (exact) mass is 375 g/mol. The number of carbonyl (C=O) groups is 1. The van der Waals surface area contributed by atoms with Gasteiger partial charge in [0.2, 0.25) is 5.91 Å². The first-order valence-corrected chi connectivity index (χ1v) is 10.2. The molecule has 1 heterocycles. The standard InChI is InChI=1S/C19H29N5OS/c1-6-23(7-2)16-12-10-15(11-13-16)18-20-21-19(22(18)5)26-14-17(25)24(8-3)9-4/h10-13H,6-9,14H2,1-5H3. The van der Waals surface area contributed by atoms with Gasteiger partial charge in [0, 0.05) is 44.5 Å². The predicted octanol–water partition coefficient (Wildman–Crippen LogP) is 3.29. The third kappa shape index (κ3) is 4.58. The maximum Gasteiger partial charge on any atom is 0.233 e. The summed E-state index contributed by atoms with van der Waals surface area (Å²) in [6, 6.07) is 8.39. The van der Waals surface area contributed by atoms with Gasteiger partial charge in [0.05, 0.1) is 5.75 Å². The highest BCUT2D eigenvalue weighted by molar-refractivity contribution is 7.99. The van der Waals surface area contributed by atoms with Crippen LogP contribution in [-0.4, -0.2) is 57.5 Å². The van der Waals surface area contributed by atoms with Crippen molar-refractivity contribution in [2.75, 3.05) is 36.8 Å². The number of rotatable bonds is 9. The number of carbonyl (C=O) groups excluding carboxylic acids is 1. The Kier molecular flexibility index (Phi) is 7.50. The van der Waals surface area contributed by atoms with E-state index in [9.17, 15) is 4.79 Å². The summed E-state index contributed by atoms with van der Waals surface area (Å²) in [7, 11) is 1.94. The lowest BCUT2D eigenvalue weighted by molar-refractivity contribution is -0.127. The maximum absolute atomic E-state index is 12.2. The lowest BCUT2D eigenvalue weighted by Crippen LogP contribution is -2.31. The first kappa shape index (κ1) is 20.3. The van der Waals surface area contributed by atoms with Crippen molar-refractivity contribution in [3.05, 3.63) is 24.3 Å². The number of nitrogens with zero attached hydrogens (tertiary/aromatic N) is 5. The minimum atomic E-state index is 0.133. The molecule has 0 fully saturated rings. The van der Waals surface area contributed by atoms with E-state index >= 15 is 0 Å². The van der Waals surface area contributed by atoms with Crippen molar-refractivity contribution in [1.82, 2.24) is 19.7 Å². The summed E-state index contributed by atoms with van der Waals surface area (Å²) < 4.78 is 1.95. The number of anilines is 1. The number of hydrogen-bond acceptors (Lipinski definition) is 5. The van der Waals surface area contributed by atoms with Gasteiger partial charge in [0.1, 0.15) is 0 Å². The van der Waals surface area contributed by atoms with Crippen LogP contribution in [0, 0.1) is 0 Å². The lowest BCUT2D eigenvalue weighted by Gasteiger charge is -2.21. The molecule has 0 bridgehead atoms. The summed E-state index contributed by atoms with van der Waals surface area (Å²) in [4.78, 5) is 16.3. The molecule has 6 nitrogen and oxygen atoms in total. The Bertz CT molecular complexity index is 705. The molecule has 1 aromatic carbocycles. The summed E-state index contributed by atoms with van der Waals surface area (Å²) in [6.45, 7) is 11.7. The van der Waals surface area contributed by atoms with Crippen LogP contribution in [0.15, 0.2) is 29.4 Å². The fraction of sp³-hybridized carbons (Fsp3) is 0.526. The number of benzene rings is 1. The minimum Gasteiger partial charge on any atom is -0.372 e. The lowest BCUT2D eigenvalue weighted by atomic mass is 10.2. The average molecular weight is 376 g/mol. The van der Waals surface area contributed by atoms with E-state index in [1.165, 1.54) is 17.4 Å². The van der Waals surface area contributed by atoms with E-state index in [4.69, 9.17) is 0 Å². The van der Waals surface area contributed by atoms with Crippen molar-refractivity contribution < 1.29 is 4.79 Å². The van der Waals surface area contributed by atoms with E-state index in [0.717, 1.165) is 42.7 Å². The van der Waals surface area contributed by atoms with Crippen molar-refractivity contribution in [3.8, 4) is 11.4 Å². The third-order valence-corrected chi connectivity index (χ3v) is 5.53. The molecule has 0 unspecified atom stereocenters. The molecule has 142 valence electrons. The largest absolute Gasteiger partial charge is 0.372 e. The van der Waals surface area contributed by atoms with Gasteiger partial charge in [-0.15, -0.1) is 10.2 Å². The molecule has 0 spiro atoms. The Morgan fingerprint density at radius 3 is 2.15 bits per heavy atom. The summed E-state index contributed by atoms with van der Waals surface area (Å²) in [6.07, 6.45) is 0. The van der Waals surface area contributed by atoms with Crippen molar-refractivity contribution in [3.63, 3.8) is 0 Å². The molecule has 0 saturated carbocycles. The molecule has 0 aliphatic heterocycles. The smallest absolute Gasteiger partial charge is 0.233 e. The van der Waals surface area contributed by atoms with Gasteiger partial charge < -0.3 is 14.4 Å². The van der Waals surface area contributed by atoms with Gasteiger partial charge in [-0.1, -0.05) is 11.8 Å². The Morgan fingerprint density at radius 2 is 1.62 bits per heavy atom. The number of aromatic nitrogens is 3. The highest BCUT2D eigenvalue weighted by Gasteiger charge is 2.15. The van der Waals surface area contributed by atoms with Crippen molar-refractivity contribution in [1.29, 1.82) is 0 Å². The van der Waals surface area contributed by atoms with Crippen LogP contribution in [0.4, 0.5) is 5.69 Å². The van der Waals surface area contributed by atoms with Gasteiger partial charge in [0.15, 0.2) is 11.0 Å². The molecule has 1 amide bonds. The highest BCUT2D eigenvalue weighted by atomic mass is 32.2. The molecule has 0 aliphatic carbocycles. The quantitative estimate of drug-likeness (QED) is 0.630. The molecule has 0 saturated heterocycles. The number of amides is 1. The molecule has 0 N–H and O–H groups in total. The zero-order chi connectivity index (χ0) is 19.1. The zero-order valence-electron chi connectivity index (χ0n) is 16.4. The number of hydrogen-bond donors (Lipinski definition) is 0. The summed E-state index contributed by atoms with van der Waals surface area (Å²) in [5, 5.41) is 9.33. The summed E-state index contributed by atoms with van der Waals surface area (Å²) in [5.41, 5.74) is 2.23. The molecule has 0 radical (unpaired) electrons. The first-order valence-electron chi connectivity index (χ1n) is 9.20. The molecular weight excluding hydrogens is 346 g/mol. The van der Waals surface area contributed by atoms with E-state index in [-0.39, 0.29) is 5.91 Å². The fourth-order valence-electron chi connectivity index (χ4n) is 2.90. The van der Waals surface area contributed by atoms with Gasteiger partial charge in [-0.25, -0.2) is 0 Å². The van der Waals surface area contributed by atoms with E-state index in [1.807, 2.05) is 30.4 Å². The van der Waals surface area contributed by atoms with Crippen LogP contribution in [0.2, 0.25) is 0 Å². The Hall–Kier alpha value is -2.02. The first-order chi connectivity index (χ1) is 12.5. The van der Waals surface area contributed by atoms with E-state index in [1.54, 1.807) is 0 Å². The normalized spacial score (nSPS) is 10.8. The van der Waals surface area contributed by atoms with Crippen LogP contribution in [0.1, 0.15) is 27.7 Å². The summed E-state index contributed by atoms with van der Waals surface area (Å²) in [5.74, 6) is 1.33. The average Bonchev–Trinajstić information content (AvgIpc) is 3.03. The maximum atomic E-state index is 12.2. The molecule has 0 atom stereocenters. The Morgan fingerprint density at radius 1 is 1.00 bits per heavy atom. The topological polar surface area (TPSA) is 54.3 Å². The van der Waals surface area contributed by atoms with Gasteiger partial charge in [0.25, 0.3) is 0 Å². The van der Waals surface area contributed by atoms with E-state index in [2.05, 4.69) is 53.2 Å². The van der Waals surface area contributed by atoms with Crippen molar-refractivity contribution >= 4 is 23.4 Å². The molecule has 2 aromatic rings. The molecule has 2 rings (SSSR count). The van der Waals surface area contributed by atoms with Gasteiger partial charge in [-0.05, 0) is 52.0 Å². The second-order valence-electron chi connectivity index (χ2n) is 5.94. The fourth-order valence-corrected chi connectivity index (χ4v) is 3.71. The number of thioether (sulfide) groups is 1. The van der Waals surface area contributed by atoms with Crippen LogP contribution >= 0.6 is 11.8 Å². The third-order valence-electron chi connectivity index (χ3n) is 4.53. The summed E-state index contributed by atoms with van der Waals surface area (Å²) >= 11 is 1.43. The molecular formula is C19H29N5OS. The van der Waals surface area contributed by atoms with Crippen molar-refractivity contribution in [2.24, 2.45) is 7.05 Å². The predicted molar refractivity (Wildman–Crippen MR) is 109 cm³/mol. The van der Waals surface area contributed by atoms with Gasteiger partial charge >= 0.3 is 0 Å². The SMILES string of the molecule is CCN(CC)C(=O)CSc1nnc(-c2ccc(N(CC)CC)cc2)n1C. The van der Waals surface area contributed by atoms with Crippen LogP contribution < -0.4 is 4.90 Å². The Labute approximate surface area is 160 Å². The van der Waals surface area contributed by atoms with E-state index in [0.29, 0.717) is 5.75 Å². The second kappa shape index (κ2) is 9.62. The van der Waals surface area contributed by atoms with Crippen molar-refractivity contribution in [2.45, 2.75) is 32.9 Å². The molecule has 7 heteroatoms. The van der Waals surface area contributed by atoms with Crippen LogP contribution in [0.3, 0.4) is 0 Å². The zero-order valence-corrected chi connectivity index (χ0v) is 17.2. The van der Waals surface area contributed by atoms with Crippen LogP contribution in [-0.2, 0) is 11.8 Å². The molecule has 1 aromatic heterocycles.